The molecule has 0 unspecified atom stereocenters. The number of anilines is 3. The lowest BCUT2D eigenvalue weighted by Crippen LogP contribution is -2.07. The maximum atomic E-state index is 11.8. The number of ether oxygens (including phenoxy) is 1. The molecule has 2 N–H and O–H groups in total. The van der Waals surface area contributed by atoms with Crippen LogP contribution in [0.15, 0.2) is 48.5 Å². The van der Waals surface area contributed by atoms with Crippen LogP contribution in [-0.4, -0.2) is 23.0 Å². The Hall–Kier alpha value is -3.12. The Morgan fingerprint density at radius 3 is 2.68 bits per heavy atom. The molecule has 0 fully saturated rings. The molecular formula is C21H21ClN4O2. The number of benzene rings is 2. The first-order chi connectivity index (χ1) is 13.4. The van der Waals surface area contributed by atoms with E-state index in [9.17, 15) is 4.79 Å². The van der Waals surface area contributed by atoms with Gasteiger partial charge in [0, 0.05) is 18.3 Å². The zero-order chi connectivity index (χ0) is 20.1. The van der Waals surface area contributed by atoms with Gasteiger partial charge in [0.15, 0.2) is 0 Å². The fourth-order valence-electron chi connectivity index (χ4n) is 2.72. The number of aromatic nitrogens is 2. The summed E-state index contributed by atoms with van der Waals surface area (Å²) in [7, 11) is 1.34. The molecular weight excluding hydrogens is 376 g/mol. The van der Waals surface area contributed by atoms with E-state index in [2.05, 4.69) is 39.7 Å². The molecule has 28 heavy (non-hydrogen) atoms. The minimum Gasteiger partial charge on any atom is -0.465 e. The highest BCUT2D eigenvalue weighted by Gasteiger charge is 2.10. The summed E-state index contributed by atoms with van der Waals surface area (Å²) >= 11 is 6.26. The minimum atomic E-state index is -0.431. The fourth-order valence-corrected chi connectivity index (χ4v) is 2.88. The topological polar surface area (TPSA) is 76.1 Å². The molecule has 0 aliphatic rings. The Labute approximate surface area is 168 Å². The molecule has 6 nitrogen and oxygen atoms in total. The first-order valence-electron chi connectivity index (χ1n) is 8.74. The number of rotatable bonds is 6. The van der Waals surface area contributed by atoms with E-state index in [1.54, 1.807) is 24.3 Å². The Kier molecular flexibility index (Phi) is 6.11. The van der Waals surface area contributed by atoms with Gasteiger partial charge in [0.25, 0.3) is 0 Å². The zero-order valence-corrected chi connectivity index (χ0v) is 16.7. The molecule has 7 heteroatoms. The number of nitrogens with one attached hydrogen (secondary N) is 2. The monoisotopic (exact) mass is 396 g/mol. The molecule has 0 saturated heterocycles. The van der Waals surface area contributed by atoms with Crippen LogP contribution in [0.4, 0.5) is 17.5 Å². The Bertz CT molecular complexity index is 1010. The van der Waals surface area contributed by atoms with E-state index in [1.165, 1.54) is 12.7 Å². The van der Waals surface area contributed by atoms with E-state index in [4.69, 9.17) is 16.3 Å². The van der Waals surface area contributed by atoms with Crippen molar-refractivity contribution in [1.29, 1.82) is 0 Å². The summed E-state index contributed by atoms with van der Waals surface area (Å²) in [6.07, 6.45) is 0. The third-order valence-electron chi connectivity index (χ3n) is 4.04. The van der Waals surface area contributed by atoms with Gasteiger partial charge in [-0.3, -0.25) is 0 Å². The van der Waals surface area contributed by atoms with Crippen molar-refractivity contribution in [2.75, 3.05) is 17.7 Å². The van der Waals surface area contributed by atoms with Crippen LogP contribution in [0.5, 0.6) is 0 Å². The number of methoxy groups -OCH3 is 1. The van der Waals surface area contributed by atoms with Crippen molar-refractivity contribution in [1.82, 2.24) is 9.97 Å². The van der Waals surface area contributed by atoms with Gasteiger partial charge in [-0.1, -0.05) is 41.4 Å². The lowest BCUT2D eigenvalue weighted by molar-refractivity contribution is 0.0601. The van der Waals surface area contributed by atoms with Crippen LogP contribution in [-0.2, 0) is 11.3 Å². The summed E-state index contributed by atoms with van der Waals surface area (Å²) in [5, 5.41) is 6.86. The van der Waals surface area contributed by atoms with Crippen molar-refractivity contribution in [2.45, 2.75) is 20.4 Å². The van der Waals surface area contributed by atoms with Crippen molar-refractivity contribution in [3.8, 4) is 0 Å². The second-order valence-corrected chi connectivity index (χ2v) is 6.78. The van der Waals surface area contributed by atoms with Crippen molar-refractivity contribution in [3.05, 3.63) is 75.9 Å². The van der Waals surface area contributed by atoms with Crippen LogP contribution >= 0.6 is 11.6 Å². The molecule has 1 aromatic heterocycles. The lowest BCUT2D eigenvalue weighted by Gasteiger charge is -2.12. The molecule has 144 valence electrons. The van der Waals surface area contributed by atoms with Crippen LogP contribution in [0.3, 0.4) is 0 Å². The number of aryl methyl sites for hydroxylation is 2. The van der Waals surface area contributed by atoms with Gasteiger partial charge in [0.05, 0.1) is 23.4 Å². The Morgan fingerprint density at radius 1 is 1.11 bits per heavy atom. The summed E-state index contributed by atoms with van der Waals surface area (Å²) in [5.41, 5.74) is 4.11. The standard InChI is InChI=1S/C21H21ClN4O2/c1-13-5-4-6-15(9-13)12-23-21-24-14(2)10-19(26-21)25-18-11-16(20(27)28-3)7-8-17(18)22/h4-11H,12H2,1-3H3,(H2,23,24,25,26). The molecule has 0 atom stereocenters. The molecule has 0 radical (unpaired) electrons. The number of hydrogen-bond donors (Lipinski definition) is 2. The molecule has 0 spiro atoms. The Morgan fingerprint density at radius 2 is 1.93 bits per heavy atom. The quantitative estimate of drug-likeness (QED) is 0.578. The van der Waals surface area contributed by atoms with Crippen LogP contribution in [0.2, 0.25) is 5.02 Å². The molecule has 3 rings (SSSR count). The average molecular weight is 397 g/mol. The van der Waals surface area contributed by atoms with Crippen LogP contribution in [0.1, 0.15) is 27.2 Å². The van der Waals surface area contributed by atoms with E-state index in [0.717, 1.165) is 11.3 Å². The molecule has 0 amide bonds. The van der Waals surface area contributed by atoms with Crippen LogP contribution < -0.4 is 10.6 Å². The first kappa shape index (κ1) is 19.6. The van der Waals surface area contributed by atoms with Crippen molar-refractivity contribution in [3.63, 3.8) is 0 Å². The number of halogens is 1. The highest BCUT2D eigenvalue weighted by atomic mass is 35.5. The van der Waals surface area contributed by atoms with Crippen molar-refractivity contribution < 1.29 is 9.53 Å². The van der Waals surface area contributed by atoms with Gasteiger partial charge in [0.2, 0.25) is 5.95 Å². The third kappa shape index (κ3) is 4.98. The number of hydrogen-bond acceptors (Lipinski definition) is 6. The van der Waals surface area contributed by atoms with Gasteiger partial charge >= 0.3 is 5.97 Å². The molecule has 0 aliphatic carbocycles. The maximum Gasteiger partial charge on any atom is 0.337 e. The number of carbonyl (C=O) groups is 1. The fraction of sp³-hybridized carbons (Fsp3) is 0.190. The molecule has 0 saturated carbocycles. The predicted octanol–water partition coefficient (Wildman–Crippen LogP) is 4.89. The summed E-state index contributed by atoms with van der Waals surface area (Å²) < 4.78 is 4.76. The van der Waals surface area contributed by atoms with E-state index >= 15 is 0 Å². The SMILES string of the molecule is COC(=O)c1ccc(Cl)c(Nc2cc(C)nc(NCc3cccc(C)c3)n2)c1. The highest BCUT2D eigenvalue weighted by molar-refractivity contribution is 6.33. The summed E-state index contributed by atoms with van der Waals surface area (Å²) in [6.45, 7) is 4.56. The number of nitrogens with zero attached hydrogens (tertiary/aromatic N) is 2. The normalized spacial score (nSPS) is 10.4. The van der Waals surface area contributed by atoms with Crippen molar-refractivity contribution >= 4 is 35.0 Å². The van der Waals surface area contributed by atoms with Crippen LogP contribution in [0.25, 0.3) is 0 Å². The van der Waals surface area contributed by atoms with Gasteiger partial charge in [-0.15, -0.1) is 0 Å². The minimum absolute atomic E-state index is 0.401. The van der Waals surface area contributed by atoms with Crippen LogP contribution in [0, 0.1) is 13.8 Å². The smallest absolute Gasteiger partial charge is 0.337 e. The largest absolute Gasteiger partial charge is 0.465 e. The lowest BCUT2D eigenvalue weighted by atomic mass is 10.1. The molecule has 3 aromatic rings. The van der Waals surface area contributed by atoms with E-state index < -0.39 is 5.97 Å². The first-order valence-corrected chi connectivity index (χ1v) is 9.12. The maximum absolute atomic E-state index is 11.8. The zero-order valence-electron chi connectivity index (χ0n) is 15.9. The van der Waals surface area contributed by atoms with Gasteiger partial charge in [-0.2, -0.15) is 4.98 Å². The summed E-state index contributed by atoms with van der Waals surface area (Å²) in [6, 6.07) is 14.9. The second-order valence-electron chi connectivity index (χ2n) is 6.37. The molecule has 1 heterocycles. The van der Waals surface area contributed by atoms with Gasteiger partial charge in [0.1, 0.15) is 5.82 Å². The second kappa shape index (κ2) is 8.71. The van der Waals surface area contributed by atoms with E-state index in [0.29, 0.717) is 34.6 Å². The average Bonchev–Trinajstić information content (AvgIpc) is 2.67. The Balaban J connectivity index is 1.79. The summed E-state index contributed by atoms with van der Waals surface area (Å²) in [5.74, 6) is 0.645. The molecule has 0 bridgehead atoms. The van der Waals surface area contributed by atoms with Gasteiger partial charge in [-0.25, -0.2) is 9.78 Å². The highest BCUT2D eigenvalue weighted by Crippen LogP contribution is 2.27. The molecule has 0 aliphatic heterocycles. The van der Waals surface area contributed by atoms with Gasteiger partial charge in [-0.05, 0) is 37.6 Å². The van der Waals surface area contributed by atoms with E-state index in [1.807, 2.05) is 19.1 Å². The van der Waals surface area contributed by atoms with Gasteiger partial charge < -0.3 is 15.4 Å². The van der Waals surface area contributed by atoms with Crippen molar-refractivity contribution in [2.24, 2.45) is 0 Å². The van der Waals surface area contributed by atoms with E-state index in [-0.39, 0.29) is 0 Å². The number of esters is 1. The number of carbonyl (C=O) groups excluding carboxylic acids is 1. The predicted molar refractivity (Wildman–Crippen MR) is 111 cm³/mol. The summed E-state index contributed by atoms with van der Waals surface area (Å²) in [4.78, 5) is 20.7. The third-order valence-corrected chi connectivity index (χ3v) is 4.37. The molecule has 2 aromatic carbocycles.